The Morgan fingerprint density at radius 3 is 2.58 bits per heavy atom. The number of hydrogen-bond acceptors (Lipinski definition) is 4. The molecule has 0 saturated carbocycles. The molecule has 1 aliphatic rings. The Morgan fingerprint density at radius 2 is 1.95 bits per heavy atom. The summed E-state index contributed by atoms with van der Waals surface area (Å²) in [5.41, 5.74) is 3.27. The van der Waals surface area contributed by atoms with Crippen LogP contribution in [0.5, 0.6) is 0 Å². The van der Waals surface area contributed by atoms with Crippen LogP contribution in [0.3, 0.4) is 0 Å². The minimum atomic E-state index is 0.472. The van der Waals surface area contributed by atoms with Crippen LogP contribution in [0.2, 0.25) is 0 Å². The summed E-state index contributed by atoms with van der Waals surface area (Å²) in [6, 6.07) is 12.8. The third kappa shape index (κ3) is 2.90. The third-order valence-electron chi connectivity index (χ3n) is 3.42. The number of nitrogens with zero attached hydrogens (tertiary/aromatic N) is 2. The lowest BCUT2D eigenvalue weighted by molar-refractivity contribution is 0.783. The van der Waals surface area contributed by atoms with E-state index in [1.165, 1.54) is 5.56 Å². The molecule has 1 unspecified atom stereocenters. The summed E-state index contributed by atoms with van der Waals surface area (Å²) in [6.45, 7) is 4.16. The van der Waals surface area contributed by atoms with Gasteiger partial charge in [-0.05, 0) is 32.0 Å². The Labute approximate surface area is 113 Å². The summed E-state index contributed by atoms with van der Waals surface area (Å²) in [5, 5.41) is 15.3. The van der Waals surface area contributed by atoms with Gasteiger partial charge in [0.15, 0.2) is 0 Å². The summed E-state index contributed by atoms with van der Waals surface area (Å²) in [4.78, 5) is 0. The summed E-state index contributed by atoms with van der Waals surface area (Å²) in [7, 11) is 0. The molecule has 1 aromatic heterocycles. The van der Waals surface area contributed by atoms with Crippen molar-refractivity contribution in [1.82, 2.24) is 15.5 Å². The summed E-state index contributed by atoms with van der Waals surface area (Å²) >= 11 is 0. The molecule has 0 bridgehead atoms. The van der Waals surface area contributed by atoms with Gasteiger partial charge in [0.2, 0.25) is 0 Å². The highest BCUT2D eigenvalue weighted by Gasteiger charge is 2.14. The fraction of sp³-hybridized carbons (Fsp3) is 0.333. The van der Waals surface area contributed by atoms with E-state index in [1.54, 1.807) is 0 Å². The Morgan fingerprint density at radius 1 is 1.11 bits per heavy atom. The number of benzene rings is 1. The average molecular weight is 254 g/mol. The molecule has 4 nitrogen and oxygen atoms in total. The van der Waals surface area contributed by atoms with Crippen molar-refractivity contribution in [1.29, 1.82) is 0 Å². The first kappa shape index (κ1) is 12.1. The molecule has 0 amide bonds. The molecular formula is C15H18N4. The first-order chi connectivity index (χ1) is 9.31. The van der Waals surface area contributed by atoms with E-state index in [9.17, 15) is 0 Å². The Bertz CT molecular complexity index is 527. The van der Waals surface area contributed by atoms with E-state index >= 15 is 0 Å². The van der Waals surface area contributed by atoms with Crippen molar-refractivity contribution in [2.24, 2.45) is 0 Å². The quantitative estimate of drug-likeness (QED) is 0.882. The van der Waals surface area contributed by atoms with Gasteiger partial charge in [-0.15, -0.1) is 10.2 Å². The number of aromatic nitrogens is 2. The predicted octanol–water partition coefficient (Wildman–Crippen LogP) is 2.23. The van der Waals surface area contributed by atoms with E-state index in [0.29, 0.717) is 6.04 Å². The molecule has 2 aromatic rings. The number of hydrogen-bond donors (Lipinski definition) is 2. The van der Waals surface area contributed by atoms with Gasteiger partial charge in [-0.1, -0.05) is 29.8 Å². The third-order valence-corrected chi connectivity index (χ3v) is 3.42. The molecule has 1 aliphatic heterocycles. The Kier molecular flexibility index (Phi) is 3.42. The van der Waals surface area contributed by atoms with Gasteiger partial charge in [0.1, 0.15) is 5.82 Å². The Hall–Kier alpha value is -1.94. The van der Waals surface area contributed by atoms with Crippen LogP contribution in [0, 0.1) is 6.92 Å². The molecule has 4 heteroatoms. The van der Waals surface area contributed by atoms with E-state index in [4.69, 9.17) is 0 Å². The first-order valence-corrected chi connectivity index (χ1v) is 6.69. The first-order valence-electron chi connectivity index (χ1n) is 6.69. The minimum Gasteiger partial charge on any atom is -0.365 e. The fourth-order valence-corrected chi connectivity index (χ4v) is 2.27. The molecule has 1 aromatic carbocycles. The Balaban J connectivity index is 1.72. The normalized spacial score (nSPS) is 18.5. The van der Waals surface area contributed by atoms with Gasteiger partial charge < -0.3 is 10.6 Å². The van der Waals surface area contributed by atoms with Gasteiger partial charge in [0.05, 0.1) is 5.69 Å². The predicted molar refractivity (Wildman–Crippen MR) is 77.1 cm³/mol. The maximum absolute atomic E-state index is 4.29. The second-order valence-electron chi connectivity index (χ2n) is 5.00. The van der Waals surface area contributed by atoms with Crippen LogP contribution >= 0.6 is 0 Å². The topological polar surface area (TPSA) is 49.8 Å². The summed E-state index contributed by atoms with van der Waals surface area (Å²) < 4.78 is 0. The van der Waals surface area contributed by atoms with E-state index in [-0.39, 0.29) is 0 Å². The zero-order valence-electron chi connectivity index (χ0n) is 11.1. The van der Waals surface area contributed by atoms with Crippen molar-refractivity contribution in [3.05, 3.63) is 42.0 Å². The van der Waals surface area contributed by atoms with Gasteiger partial charge >= 0.3 is 0 Å². The SMILES string of the molecule is Cc1ccc(-c2ccc(NC3CCNC3)nn2)cc1. The average Bonchev–Trinajstić information content (AvgIpc) is 2.94. The van der Waals surface area contributed by atoms with Gasteiger partial charge in [0.25, 0.3) is 0 Å². The number of aryl methyl sites for hydroxylation is 1. The lowest BCUT2D eigenvalue weighted by atomic mass is 10.1. The van der Waals surface area contributed by atoms with Crippen molar-refractivity contribution in [2.75, 3.05) is 18.4 Å². The van der Waals surface area contributed by atoms with Crippen molar-refractivity contribution >= 4 is 5.82 Å². The monoisotopic (exact) mass is 254 g/mol. The highest BCUT2D eigenvalue weighted by molar-refractivity contribution is 5.59. The van der Waals surface area contributed by atoms with Crippen molar-refractivity contribution in [2.45, 2.75) is 19.4 Å². The highest BCUT2D eigenvalue weighted by atomic mass is 15.2. The van der Waals surface area contributed by atoms with Gasteiger partial charge in [-0.25, -0.2) is 0 Å². The van der Waals surface area contributed by atoms with Crippen molar-refractivity contribution in [3.63, 3.8) is 0 Å². The zero-order valence-corrected chi connectivity index (χ0v) is 11.1. The molecule has 19 heavy (non-hydrogen) atoms. The van der Waals surface area contributed by atoms with Crippen LogP contribution in [-0.2, 0) is 0 Å². The molecule has 1 saturated heterocycles. The number of nitrogens with one attached hydrogen (secondary N) is 2. The van der Waals surface area contributed by atoms with Crippen LogP contribution in [-0.4, -0.2) is 29.3 Å². The number of rotatable bonds is 3. The van der Waals surface area contributed by atoms with Crippen LogP contribution < -0.4 is 10.6 Å². The highest BCUT2D eigenvalue weighted by Crippen LogP contribution is 2.18. The van der Waals surface area contributed by atoms with Gasteiger partial charge in [0, 0.05) is 18.2 Å². The molecule has 2 N–H and O–H groups in total. The fourth-order valence-electron chi connectivity index (χ4n) is 2.27. The minimum absolute atomic E-state index is 0.472. The van der Waals surface area contributed by atoms with Crippen LogP contribution in [0.25, 0.3) is 11.3 Å². The standard InChI is InChI=1S/C15H18N4/c1-11-2-4-12(5-3-11)14-6-7-15(19-18-14)17-13-8-9-16-10-13/h2-7,13,16H,8-10H2,1H3,(H,17,19). The lowest BCUT2D eigenvalue weighted by Crippen LogP contribution is -2.22. The molecule has 1 atom stereocenters. The molecule has 98 valence electrons. The van der Waals surface area contributed by atoms with E-state index in [0.717, 1.165) is 36.6 Å². The molecule has 3 rings (SSSR count). The molecule has 2 heterocycles. The summed E-state index contributed by atoms with van der Waals surface area (Å²) in [6.07, 6.45) is 1.14. The van der Waals surface area contributed by atoms with Crippen LogP contribution in [0.4, 0.5) is 5.82 Å². The maximum atomic E-state index is 4.29. The maximum Gasteiger partial charge on any atom is 0.148 e. The molecule has 0 spiro atoms. The largest absolute Gasteiger partial charge is 0.365 e. The smallest absolute Gasteiger partial charge is 0.148 e. The molecule has 0 aliphatic carbocycles. The van der Waals surface area contributed by atoms with E-state index < -0.39 is 0 Å². The molecule has 1 fully saturated rings. The molecular weight excluding hydrogens is 236 g/mol. The van der Waals surface area contributed by atoms with Gasteiger partial charge in [-0.3, -0.25) is 0 Å². The van der Waals surface area contributed by atoms with Crippen LogP contribution in [0.1, 0.15) is 12.0 Å². The van der Waals surface area contributed by atoms with E-state index in [2.05, 4.69) is 52.0 Å². The van der Waals surface area contributed by atoms with E-state index in [1.807, 2.05) is 12.1 Å². The molecule has 0 radical (unpaired) electrons. The summed E-state index contributed by atoms with van der Waals surface area (Å²) in [5.74, 6) is 0.851. The lowest BCUT2D eigenvalue weighted by Gasteiger charge is -2.11. The van der Waals surface area contributed by atoms with Crippen molar-refractivity contribution in [3.8, 4) is 11.3 Å². The number of anilines is 1. The van der Waals surface area contributed by atoms with Crippen LogP contribution in [0.15, 0.2) is 36.4 Å². The second kappa shape index (κ2) is 5.36. The van der Waals surface area contributed by atoms with Gasteiger partial charge in [-0.2, -0.15) is 0 Å². The zero-order chi connectivity index (χ0) is 13.1. The van der Waals surface area contributed by atoms with Crippen molar-refractivity contribution < 1.29 is 0 Å². The second-order valence-corrected chi connectivity index (χ2v) is 5.00.